The smallest absolute Gasteiger partial charge is 0.267 e. The van der Waals surface area contributed by atoms with E-state index in [1.54, 1.807) is 7.11 Å². The number of benzene rings is 2. The number of hydrogen-bond acceptors (Lipinski definition) is 5. The fourth-order valence-electron chi connectivity index (χ4n) is 2.01. The highest BCUT2D eigenvalue weighted by Crippen LogP contribution is 2.24. The third-order valence-electron chi connectivity index (χ3n) is 3.19. The summed E-state index contributed by atoms with van der Waals surface area (Å²) < 4.78 is 16.2. The van der Waals surface area contributed by atoms with Crippen LogP contribution in [0, 0.1) is 0 Å². The molecule has 0 saturated carbocycles. The van der Waals surface area contributed by atoms with Crippen molar-refractivity contribution in [3.05, 3.63) is 60.5 Å². The van der Waals surface area contributed by atoms with Gasteiger partial charge in [0.15, 0.2) is 6.10 Å². The van der Waals surface area contributed by atoms with Crippen molar-refractivity contribution < 1.29 is 14.0 Å². The lowest BCUT2D eigenvalue weighted by atomic mass is 10.2. The molecule has 0 unspecified atom stereocenters. The Kier molecular flexibility index (Phi) is 4.05. The van der Waals surface area contributed by atoms with Crippen LogP contribution >= 0.6 is 0 Å². The maximum absolute atomic E-state index is 5.80. The van der Waals surface area contributed by atoms with Crippen molar-refractivity contribution in [3.63, 3.8) is 0 Å². The minimum Gasteiger partial charge on any atom is -0.497 e. The molecule has 0 amide bonds. The van der Waals surface area contributed by atoms with E-state index >= 15 is 0 Å². The van der Waals surface area contributed by atoms with Gasteiger partial charge in [0, 0.05) is 5.56 Å². The third-order valence-corrected chi connectivity index (χ3v) is 3.19. The van der Waals surface area contributed by atoms with E-state index in [0.29, 0.717) is 17.5 Å². The van der Waals surface area contributed by atoms with Gasteiger partial charge in [-0.25, -0.2) is 0 Å². The molecule has 0 aliphatic carbocycles. The highest BCUT2D eigenvalue weighted by atomic mass is 16.5. The summed E-state index contributed by atoms with van der Waals surface area (Å²) in [7, 11) is 1.63. The molecular formula is C17H16N2O3. The first-order valence-electron chi connectivity index (χ1n) is 6.96. The Bertz CT molecular complexity index is 723. The van der Waals surface area contributed by atoms with Crippen molar-refractivity contribution in [2.24, 2.45) is 0 Å². The van der Waals surface area contributed by atoms with Crippen molar-refractivity contribution >= 4 is 0 Å². The van der Waals surface area contributed by atoms with Gasteiger partial charge in [-0.05, 0) is 31.2 Å². The molecule has 112 valence electrons. The van der Waals surface area contributed by atoms with Crippen LogP contribution in [0.25, 0.3) is 11.4 Å². The predicted octanol–water partition coefficient (Wildman–Crippen LogP) is 3.89. The van der Waals surface area contributed by atoms with Gasteiger partial charge in [-0.2, -0.15) is 4.98 Å². The predicted molar refractivity (Wildman–Crippen MR) is 81.8 cm³/mol. The Morgan fingerprint density at radius 3 is 2.32 bits per heavy atom. The summed E-state index contributed by atoms with van der Waals surface area (Å²) >= 11 is 0. The Morgan fingerprint density at radius 1 is 0.955 bits per heavy atom. The molecule has 5 nitrogen and oxygen atoms in total. The molecule has 1 heterocycles. The summed E-state index contributed by atoms with van der Waals surface area (Å²) in [6.07, 6.45) is -0.335. The molecule has 22 heavy (non-hydrogen) atoms. The summed E-state index contributed by atoms with van der Waals surface area (Å²) in [5.41, 5.74) is 0.911. The van der Waals surface area contributed by atoms with Gasteiger partial charge in [0.25, 0.3) is 5.89 Å². The van der Waals surface area contributed by atoms with Crippen molar-refractivity contribution in [2.75, 3.05) is 7.11 Å². The minimum absolute atomic E-state index is 0.335. The Balaban J connectivity index is 1.72. The number of ether oxygens (including phenoxy) is 2. The average molecular weight is 296 g/mol. The molecule has 0 bridgehead atoms. The van der Waals surface area contributed by atoms with E-state index in [1.165, 1.54) is 0 Å². The first-order chi connectivity index (χ1) is 10.8. The lowest BCUT2D eigenvalue weighted by Crippen LogP contribution is -2.03. The van der Waals surface area contributed by atoms with E-state index in [1.807, 2.05) is 61.5 Å². The molecule has 5 heteroatoms. The summed E-state index contributed by atoms with van der Waals surface area (Å²) in [5.74, 6) is 2.49. The Hall–Kier alpha value is -2.82. The number of nitrogens with zero attached hydrogens (tertiary/aromatic N) is 2. The fourth-order valence-corrected chi connectivity index (χ4v) is 2.01. The molecule has 0 radical (unpaired) electrons. The second kappa shape index (κ2) is 6.30. The molecule has 0 aliphatic heterocycles. The molecule has 3 aromatic rings. The fraction of sp³-hybridized carbons (Fsp3) is 0.176. The minimum atomic E-state index is -0.335. The van der Waals surface area contributed by atoms with E-state index < -0.39 is 0 Å². The number of rotatable bonds is 5. The van der Waals surface area contributed by atoms with Crippen LogP contribution in [0.2, 0.25) is 0 Å². The van der Waals surface area contributed by atoms with Gasteiger partial charge >= 0.3 is 0 Å². The van der Waals surface area contributed by atoms with Gasteiger partial charge in [0.2, 0.25) is 5.82 Å². The molecule has 0 aliphatic rings. The van der Waals surface area contributed by atoms with Crippen LogP contribution < -0.4 is 9.47 Å². The normalized spacial score (nSPS) is 11.9. The highest BCUT2D eigenvalue weighted by molar-refractivity contribution is 5.53. The second-order valence-corrected chi connectivity index (χ2v) is 4.76. The Morgan fingerprint density at radius 2 is 1.64 bits per heavy atom. The van der Waals surface area contributed by atoms with E-state index in [2.05, 4.69) is 10.1 Å². The number of hydrogen-bond donors (Lipinski definition) is 0. The zero-order chi connectivity index (χ0) is 15.4. The SMILES string of the molecule is COc1ccc(O[C@@H](C)c2nc(-c3ccccc3)no2)cc1. The first-order valence-corrected chi connectivity index (χ1v) is 6.96. The van der Waals surface area contributed by atoms with E-state index in [0.717, 1.165) is 11.3 Å². The first kappa shape index (κ1) is 14.1. The molecule has 3 rings (SSSR count). The van der Waals surface area contributed by atoms with Crippen LogP contribution in [0.1, 0.15) is 18.9 Å². The molecule has 1 aromatic heterocycles. The number of aromatic nitrogens is 2. The summed E-state index contributed by atoms with van der Waals surface area (Å²) in [4.78, 5) is 4.38. The monoisotopic (exact) mass is 296 g/mol. The quantitative estimate of drug-likeness (QED) is 0.715. The highest BCUT2D eigenvalue weighted by Gasteiger charge is 2.16. The van der Waals surface area contributed by atoms with Crippen LogP contribution in [-0.2, 0) is 0 Å². The van der Waals surface area contributed by atoms with Gasteiger partial charge < -0.3 is 14.0 Å². The van der Waals surface area contributed by atoms with E-state index in [9.17, 15) is 0 Å². The average Bonchev–Trinajstić information content (AvgIpc) is 3.06. The topological polar surface area (TPSA) is 57.4 Å². The summed E-state index contributed by atoms with van der Waals surface area (Å²) in [5, 5.41) is 3.99. The van der Waals surface area contributed by atoms with Gasteiger partial charge in [-0.3, -0.25) is 0 Å². The van der Waals surface area contributed by atoms with Crippen LogP contribution in [0.5, 0.6) is 11.5 Å². The standard InChI is InChI=1S/C17H16N2O3/c1-12(21-15-10-8-14(20-2)9-11-15)17-18-16(19-22-17)13-6-4-3-5-7-13/h3-12H,1-2H3/t12-/m0/s1. The lowest BCUT2D eigenvalue weighted by molar-refractivity contribution is 0.175. The molecule has 0 fully saturated rings. The zero-order valence-corrected chi connectivity index (χ0v) is 12.4. The molecule has 2 aromatic carbocycles. The molecular weight excluding hydrogens is 280 g/mol. The van der Waals surface area contributed by atoms with Crippen molar-refractivity contribution in [3.8, 4) is 22.9 Å². The van der Waals surface area contributed by atoms with Crippen molar-refractivity contribution in [1.29, 1.82) is 0 Å². The van der Waals surface area contributed by atoms with Crippen LogP contribution in [0.15, 0.2) is 59.1 Å². The maximum Gasteiger partial charge on any atom is 0.267 e. The summed E-state index contributed by atoms with van der Waals surface area (Å²) in [6, 6.07) is 17.0. The van der Waals surface area contributed by atoms with Crippen LogP contribution in [-0.4, -0.2) is 17.3 Å². The third kappa shape index (κ3) is 3.09. The molecule has 1 atom stereocenters. The van der Waals surface area contributed by atoms with Crippen LogP contribution in [0.4, 0.5) is 0 Å². The second-order valence-electron chi connectivity index (χ2n) is 4.76. The lowest BCUT2D eigenvalue weighted by Gasteiger charge is -2.10. The van der Waals surface area contributed by atoms with Gasteiger partial charge in [-0.15, -0.1) is 0 Å². The number of methoxy groups -OCH3 is 1. The van der Waals surface area contributed by atoms with Gasteiger partial charge in [0.1, 0.15) is 11.5 Å². The largest absolute Gasteiger partial charge is 0.497 e. The van der Waals surface area contributed by atoms with Gasteiger partial charge in [0.05, 0.1) is 7.11 Å². The van der Waals surface area contributed by atoms with Crippen molar-refractivity contribution in [2.45, 2.75) is 13.0 Å². The molecule has 0 saturated heterocycles. The zero-order valence-electron chi connectivity index (χ0n) is 12.4. The van der Waals surface area contributed by atoms with E-state index in [4.69, 9.17) is 14.0 Å². The molecule has 0 N–H and O–H groups in total. The summed E-state index contributed by atoms with van der Waals surface area (Å²) in [6.45, 7) is 1.87. The van der Waals surface area contributed by atoms with E-state index in [-0.39, 0.29) is 6.10 Å². The van der Waals surface area contributed by atoms with Gasteiger partial charge in [-0.1, -0.05) is 35.5 Å². The Labute approximate surface area is 128 Å². The van der Waals surface area contributed by atoms with Crippen molar-refractivity contribution in [1.82, 2.24) is 10.1 Å². The van der Waals surface area contributed by atoms with Crippen LogP contribution in [0.3, 0.4) is 0 Å². The maximum atomic E-state index is 5.80. The molecule has 0 spiro atoms.